The molecule has 6 nitrogen and oxygen atoms in total. The van der Waals surface area contributed by atoms with Gasteiger partial charge in [-0.2, -0.15) is 5.10 Å². The monoisotopic (exact) mass is 330 g/mol. The summed E-state index contributed by atoms with van der Waals surface area (Å²) in [5.74, 6) is 1.61. The fraction of sp³-hybridized carbons (Fsp3) is 0.722. The van der Waals surface area contributed by atoms with E-state index in [4.69, 9.17) is 0 Å². The molecule has 3 aliphatic rings. The molecule has 1 heterocycles. The van der Waals surface area contributed by atoms with Crippen molar-refractivity contribution in [2.24, 2.45) is 17.8 Å². The Bertz CT molecular complexity index is 620. The molecule has 3 saturated carbocycles. The molecule has 2 bridgehead atoms. The normalized spacial score (nSPS) is 29.1. The molecular formula is C18H26N4O2. The molecule has 24 heavy (non-hydrogen) atoms. The maximum atomic E-state index is 12.4. The van der Waals surface area contributed by atoms with Gasteiger partial charge in [-0.15, -0.1) is 0 Å². The lowest BCUT2D eigenvalue weighted by molar-refractivity contribution is -0.122. The lowest BCUT2D eigenvalue weighted by Gasteiger charge is -2.20. The number of amides is 2. The quantitative estimate of drug-likeness (QED) is 0.870. The second-order valence-electron chi connectivity index (χ2n) is 7.75. The van der Waals surface area contributed by atoms with Crippen LogP contribution in [0.25, 0.3) is 0 Å². The third-order valence-electron chi connectivity index (χ3n) is 6.00. The van der Waals surface area contributed by atoms with Crippen molar-refractivity contribution in [3.63, 3.8) is 0 Å². The number of anilines is 1. The highest BCUT2D eigenvalue weighted by Gasteiger charge is 2.43. The van der Waals surface area contributed by atoms with E-state index in [1.807, 2.05) is 0 Å². The Balaban J connectivity index is 1.28. The summed E-state index contributed by atoms with van der Waals surface area (Å²) in [5.41, 5.74) is 0.691. The Morgan fingerprint density at radius 3 is 2.71 bits per heavy atom. The summed E-state index contributed by atoms with van der Waals surface area (Å²) in [6, 6.07) is 0.324. The third kappa shape index (κ3) is 3.32. The van der Waals surface area contributed by atoms with E-state index in [0.29, 0.717) is 17.6 Å². The Hall–Kier alpha value is -1.85. The number of nitrogens with one attached hydrogen (secondary N) is 2. The first-order valence-electron chi connectivity index (χ1n) is 9.30. The van der Waals surface area contributed by atoms with Crippen LogP contribution in [0.2, 0.25) is 0 Å². The Kier molecular flexibility index (Phi) is 4.29. The van der Waals surface area contributed by atoms with E-state index in [-0.39, 0.29) is 24.3 Å². The highest BCUT2D eigenvalue weighted by Crippen LogP contribution is 2.48. The number of nitrogens with zero attached hydrogens (tertiary/aromatic N) is 2. The molecule has 1 aromatic rings. The zero-order valence-electron chi connectivity index (χ0n) is 14.0. The van der Waals surface area contributed by atoms with Gasteiger partial charge in [0.1, 0.15) is 6.54 Å². The minimum atomic E-state index is -0.00372. The predicted octanol–water partition coefficient (Wildman–Crippen LogP) is 2.32. The summed E-state index contributed by atoms with van der Waals surface area (Å²) < 4.78 is 1.60. The van der Waals surface area contributed by atoms with Gasteiger partial charge < -0.3 is 10.6 Å². The van der Waals surface area contributed by atoms with Crippen LogP contribution in [0, 0.1) is 17.8 Å². The molecular weight excluding hydrogens is 304 g/mol. The van der Waals surface area contributed by atoms with Crippen LogP contribution in [-0.4, -0.2) is 27.6 Å². The molecule has 0 aliphatic heterocycles. The predicted molar refractivity (Wildman–Crippen MR) is 90.2 cm³/mol. The van der Waals surface area contributed by atoms with E-state index >= 15 is 0 Å². The average molecular weight is 330 g/mol. The van der Waals surface area contributed by atoms with E-state index in [1.54, 1.807) is 17.1 Å². The van der Waals surface area contributed by atoms with Gasteiger partial charge in [0.05, 0.1) is 11.9 Å². The van der Waals surface area contributed by atoms with E-state index in [9.17, 15) is 9.59 Å². The van der Waals surface area contributed by atoms with Crippen LogP contribution in [0.1, 0.15) is 51.4 Å². The van der Waals surface area contributed by atoms with E-state index in [2.05, 4.69) is 15.7 Å². The van der Waals surface area contributed by atoms with Crippen LogP contribution in [0.5, 0.6) is 0 Å². The van der Waals surface area contributed by atoms with Gasteiger partial charge in [0.2, 0.25) is 11.8 Å². The summed E-state index contributed by atoms with van der Waals surface area (Å²) in [6.07, 6.45) is 12.7. The number of fused-ring (bicyclic) bond motifs is 2. The Morgan fingerprint density at radius 1 is 1.17 bits per heavy atom. The van der Waals surface area contributed by atoms with Crippen molar-refractivity contribution < 1.29 is 9.59 Å². The lowest BCUT2D eigenvalue weighted by atomic mass is 9.88. The smallest absolute Gasteiger partial charge is 0.241 e. The number of aromatic nitrogens is 2. The van der Waals surface area contributed by atoms with Gasteiger partial charge in [0.25, 0.3) is 0 Å². The molecule has 2 amide bonds. The summed E-state index contributed by atoms with van der Waals surface area (Å²) in [4.78, 5) is 24.5. The summed E-state index contributed by atoms with van der Waals surface area (Å²) >= 11 is 0. The highest BCUT2D eigenvalue weighted by atomic mass is 16.2. The fourth-order valence-corrected chi connectivity index (χ4v) is 4.81. The van der Waals surface area contributed by atoms with Crippen LogP contribution in [0.4, 0.5) is 5.69 Å². The zero-order valence-corrected chi connectivity index (χ0v) is 14.0. The van der Waals surface area contributed by atoms with Crippen molar-refractivity contribution in [2.45, 2.75) is 64.0 Å². The SMILES string of the molecule is O=C(Cn1cc(NC(=O)[C@H]2C[C@H]3CC[C@H]2C3)cn1)NC1CCCC1. The van der Waals surface area contributed by atoms with Crippen LogP contribution < -0.4 is 10.6 Å². The minimum absolute atomic E-state index is 0.00372. The van der Waals surface area contributed by atoms with E-state index in [0.717, 1.165) is 25.2 Å². The summed E-state index contributed by atoms with van der Waals surface area (Å²) in [5, 5.41) is 10.2. The van der Waals surface area contributed by atoms with Gasteiger partial charge in [0, 0.05) is 18.2 Å². The number of hydrogen-bond acceptors (Lipinski definition) is 3. The van der Waals surface area contributed by atoms with Crippen LogP contribution in [0.15, 0.2) is 12.4 Å². The molecule has 3 atom stereocenters. The Labute approximate surface area is 142 Å². The van der Waals surface area contributed by atoms with Gasteiger partial charge >= 0.3 is 0 Å². The maximum absolute atomic E-state index is 12.4. The first-order valence-corrected chi connectivity index (χ1v) is 9.30. The van der Waals surface area contributed by atoms with Crippen LogP contribution in [-0.2, 0) is 16.1 Å². The summed E-state index contributed by atoms with van der Waals surface area (Å²) in [7, 11) is 0. The van der Waals surface area contributed by atoms with Crippen molar-refractivity contribution in [3.05, 3.63) is 12.4 Å². The highest BCUT2D eigenvalue weighted by molar-refractivity contribution is 5.92. The van der Waals surface area contributed by atoms with Gasteiger partial charge in [0.15, 0.2) is 0 Å². The molecule has 0 saturated heterocycles. The number of carbonyl (C=O) groups excluding carboxylic acids is 2. The molecule has 0 radical (unpaired) electrons. The van der Waals surface area contributed by atoms with Crippen LogP contribution in [0.3, 0.4) is 0 Å². The van der Waals surface area contributed by atoms with Crippen LogP contribution >= 0.6 is 0 Å². The molecule has 2 N–H and O–H groups in total. The average Bonchev–Trinajstić information content (AvgIpc) is 3.31. The molecule has 130 valence electrons. The number of hydrogen-bond donors (Lipinski definition) is 2. The van der Waals surface area contributed by atoms with Gasteiger partial charge in [-0.3, -0.25) is 14.3 Å². The molecule has 3 aliphatic carbocycles. The van der Waals surface area contributed by atoms with Crippen molar-refractivity contribution >= 4 is 17.5 Å². The second-order valence-corrected chi connectivity index (χ2v) is 7.75. The number of carbonyl (C=O) groups is 2. The topological polar surface area (TPSA) is 76.0 Å². The number of rotatable bonds is 5. The zero-order chi connectivity index (χ0) is 16.5. The lowest BCUT2D eigenvalue weighted by Crippen LogP contribution is -2.35. The van der Waals surface area contributed by atoms with Gasteiger partial charge in [-0.1, -0.05) is 19.3 Å². The molecule has 6 heteroatoms. The first kappa shape index (κ1) is 15.7. The molecule has 1 aromatic heterocycles. The minimum Gasteiger partial charge on any atom is -0.352 e. The fourth-order valence-electron chi connectivity index (χ4n) is 4.81. The van der Waals surface area contributed by atoms with Crippen molar-refractivity contribution in [3.8, 4) is 0 Å². The van der Waals surface area contributed by atoms with E-state index < -0.39 is 0 Å². The maximum Gasteiger partial charge on any atom is 0.241 e. The first-order chi connectivity index (χ1) is 11.7. The van der Waals surface area contributed by atoms with Gasteiger partial charge in [-0.25, -0.2) is 0 Å². The van der Waals surface area contributed by atoms with Crippen molar-refractivity contribution in [1.29, 1.82) is 0 Å². The van der Waals surface area contributed by atoms with Gasteiger partial charge in [-0.05, 0) is 43.9 Å². The van der Waals surface area contributed by atoms with E-state index in [1.165, 1.54) is 32.1 Å². The second kappa shape index (κ2) is 6.57. The molecule has 4 rings (SSSR count). The molecule has 0 unspecified atom stereocenters. The largest absolute Gasteiger partial charge is 0.352 e. The standard InChI is InChI=1S/C18H26N4O2/c23-17(20-14-3-1-2-4-14)11-22-10-15(9-19-22)21-18(24)16-8-12-5-6-13(16)7-12/h9-10,12-14,16H,1-8,11H2,(H,20,23)(H,21,24)/t12-,13-,16-/m0/s1. The summed E-state index contributed by atoms with van der Waals surface area (Å²) in [6.45, 7) is 0.209. The molecule has 0 spiro atoms. The Morgan fingerprint density at radius 2 is 2.00 bits per heavy atom. The molecule has 0 aromatic carbocycles. The molecule has 3 fully saturated rings. The van der Waals surface area contributed by atoms with Crippen molar-refractivity contribution in [2.75, 3.05) is 5.32 Å². The third-order valence-corrected chi connectivity index (χ3v) is 6.00. The van der Waals surface area contributed by atoms with Crippen molar-refractivity contribution in [1.82, 2.24) is 15.1 Å².